The molecule has 0 aliphatic heterocycles. The van der Waals surface area contributed by atoms with Gasteiger partial charge >= 0.3 is 0 Å². The van der Waals surface area contributed by atoms with Crippen molar-refractivity contribution >= 4 is 17.5 Å². The van der Waals surface area contributed by atoms with Crippen molar-refractivity contribution < 1.29 is 9.59 Å². The number of benzene rings is 1. The number of rotatable bonds is 4. The van der Waals surface area contributed by atoms with Gasteiger partial charge in [-0.25, -0.2) is 0 Å². The number of anilines is 1. The maximum Gasteiger partial charge on any atom is 0.251 e. The number of allylic oxidation sites excluding steroid dienone is 1. The summed E-state index contributed by atoms with van der Waals surface area (Å²) in [5, 5.41) is 5.48. The van der Waals surface area contributed by atoms with Crippen molar-refractivity contribution in [2.75, 3.05) is 11.9 Å². The Bertz CT molecular complexity index is 479. The zero-order valence-corrected chi connectivity index (χ0v) is 10.9. The van der Waals surface area contributed by atoms with Crippen molar-refractivity contribution in [3.05, 3.63) is 41.5 Å². The molecule has 1 aromatic carbocycles. The van der Waals surface area contributed by atoms with Gasteiger partial charge in [0.2, 0.25) is 5.91 Å². The smallest absolute Gasteiger partial charge is 0.251 e. The van der Waals surface area contributed by atoms with Crippen LogP contribution in [-0.4, -0.2) is 18.4 Å². The van der Waals surface area contributed by atoms with Gasteiger partial charge in [-0.3, -0.25) is 9.59 Å². The molecule has 0 heterocycles. The topological polar surface area (TPSA) is 58.2 Å². The molecule has 0 saturated carbocycles. The monoisotopic (exact) mass is 246 g/mol. The molecule has 2 amide bonds. The number of hydrogen-bond acceptors (Lipinski definition) is 2. The third-order valence-corrected chi connectivity index (χ3v) is 2.40. The lowest BCUT2D eigenvalue weighted by molar-refractivity contribution is -0.111. The second-order valence-corrected chi connectivity index (χ2v) is 3.88. The van der Waals surface area contributed by atoms with E-state index in [-0.39, 0.29) is 11.8 Å². The van der Waals surface area contributed by atoms with Crippen molar-refractivity contribution in [2.24, 2.45) is 0 Å². The minimum Gasteiger partial charge on any atom is -0.352 e. The SMILES string of the molecule is C/C=C/C(=O)Nc1ccc(C(=O)NCC)cc1C. The number of carbonyl (C=O) groups is 2. The quantitative estimate of drug-likeness (QED) is 0.801. The van der Waals surface area contributed by atoms with Crippen LogP contribution >= 0.6 is 0 Å². The van der Waals surface area contributed by atoms with Crippen LogP contribution in [0.4, 0.5) is 5.69 Å². The number of nitrogens with one attached hydrogen (secondary N) is 2. The maximum absolute atomic E-state index is 11.6. The van der Waals surface area contributed by atoms with E-state index < -0.39 is 0 Å². The highest BCUT2D eigenvalue weighted by Gasteiger charge is 2.07. The largest absolute Gasteiger partial charge is 0.352 e. The molecule has 18 heavy (non-hydrogen) atoms. The van der Waals surface area contributed by atoms with Gasteiger partial charge in [-0.1, -0.05) is 6.08 Å². The summed E-state index contributed by atoms with van der Waals surface area (Å²) in [6.07, 6.45) is 3.13. The van der Waals surface area contributed by atoms with Crippen molar-refractivity contribution in [3.8, 4) is 0 Å². The normalized spacial score (nSPS) is 10.4. The van der Waals surface area contributed by atoms with Crippen LogP contribution in [0, 0.1) is 6.92 Å². The number of hydrogen-bond donors (Lipinski definition) is 2. The van der Waals surface area contributed by atoms with Gasteiger partial charge in [-0.2, -0.15) is 0 Å². The molecule has 0 fully saturated rings. The Morgan fingerprint density at radius 1 is 1.33 bits per heavy atom. The fourth-order valence-electron chi connectivity index (χ4n) is 1.53. The Kier molecular flexibility index (Phi) is 5.11. The summed E-state index contributed by atoms with van der Waals surface area (Å²) in [7, 11) is 0. The molecule has 1 rings (SSSR count). The van der Waals surface area contributed by atoms with E-state index >= 15 is 0 Å². The number of amides is 2. The van der Waals surface area contributed by atoms with Gasteiger partial charge < -0.3 is 10.6 Å². The van der Waals surface area contributed by atoms with E-state index in [4.69, 9.17) is 0 Å². The fourth-order valence-corrected chi connectivity index (χ4v) is 1.53. The molecule has 0 aliphatic carbocycles. The molecule has 2 N–H and O–H groups in total. The second kappa shape index (κ2) is 6.59. The first-order chi connectivity index (χ1) is 8.58. The molecule has 1 aromatic rings. The molecule has 4 heteroatoms. The molecule has 0 radical (unpaired) electrons. The standard InChI is InChI=1S/C14H18N2O2/c1-4-6-13(17)16-12-8-7-11(9-10(12)3)14(18)15-5-2/h4,6-9H,5H2,1-3H3,(H,15,18)(H,16,17)/b6-4+. The highest BCUT2D eigenvalue weighted by Crippen LogP contribution is 2.16. The van der Waals surface area contributed by atoms with Gasteiger partial charge in [0.25, 0.3) is 5.91 Å². The van der Waals surface area contributed by atoms with E-state index in [2.05, 4.69) is 10.6 Å². The summed E-state index contributed by atoms with van der Waals surface area (Å²) < 4.78 is 0. The first-order valence-electron chi connectivity index (χ1n) is 5.91. The molecular weight excluding hydrogens is 228 g/mol. The maximum atomic E-state index is 11.6. The predicted molar refractivity (Wildman–Crippen MR) is 72.6 cm³/mol. The van der Waals surface area contributed by atoms with Crippen LogP contribution in [0.25, 0.3) is 0 Å². The molecule has 96 valence electrons. The number of carbonyl (C=O) groups excluding carboxylic acids is 2. The minimum absolute atomic E-state index is 0.105. The van der Waals surface area contributed by atoms with Crippen LogP contribution < -0.4 is 10.6 Å². The van der Waals surface area contributed by atoms with Crippen molar-refractivity contribution in [2.45, 2.75) is 20.8 Å². The van der Waals surface area contributed by atoms with E-state index in [1.165, 1.54) is 6.08 Å². The zero-order valence-electron chi connectivity index (χ0n) is 10.9. The molecule has 0 bridgehead atoms. The fraction of sp³-hybridized carbons (Fsp3) is 0.286. The van der Waals surface area contributed by atoms with Gasteiger partial charge in [-0.05, 0) is 50.6 Å². The highest BCUT2D eigenvalue weighted by molar-refractivity contribution is 6.00. The predicted octanol–water partition coefficient (Wildman–Crippen LogP) is 2.26. The first kappa shape index (κ1) is 14.0. The Morgan fingerprint density at radius 3 is 2.61 bits per heavy atom. The summed E-state index contributed by atoms with van der Waals surface area (Å²) in [6, 6.07) is 5.20. The van der Waals surface area contributed by atoms with Crippen molar-refractivity contribution in [3.63, 3.8) is 0 Å². The molecule has 0 aromatic heterocycles. The van der Waals surface area contributed by atoms with Crippen LogP contribution in [0.3, 0.4) is 0 Å². The third kappa shape index (κ3) is 3.73. The minimum atomic E-state index is -0.175. The zero-order chi connectivity index (χ0) is 13.5. The van der Waals surface area contributed by atoms with E-state index in [9.17, 15) is 9.59 Å². The van der Waals surface area contributed by atoms with Gasteiger partial charge in [0.15, 0.2) is 0 Å². The van der Waals surface area contributed by atoms with E-state index in [0.29, 0.717) is 17.8 Å². The van der Waals surface area contributed by atoms with E-state index in [1.54, 1.807) is 31.2 Å². The second-order valence-electron chi connectivity index (χ2n) is 3.88. The molecule has 0 atom stereocenters. The summed E-state index contributed by atoms with van der Waals surface area (Å²) in [4.78, 5) is 23.0. The van der Waals surface area contributed by atoms with Crippen LogP contribution in [0.1, 0.15) is 29.8 Å². The molecule has 4 nitrogen and oxygen atoms in total. The highest BCUT2D eigenvalue weighted by atomic mass is 16.2. The van der Waals surface area contributed by atoms with E-state index in [1.807, 2.05) is 13.8 Å². The summed E-state index contributed by atoms with van der Waals surface area (Å²) >= 11 is 0. The van der Waals surface area contributed by atoms with Crippen LogP contribution in [0.5, 0.6) is 0 Å². The average Bonchev–Trinajstić information content (AvgIpc) is 2.32. The van der Waals surface area contributed by atoms with Crippen molar-refractivity contribution in [1.82, 2.24) is 5.32 Å². The first-order valence-corrected chi connectivity index (χ1v) is 5.91. The lowest BCUT2D eigenvalue weighted by Gasteiger charge is -2.09. The van der Waals surface area contributed by atoms with Gasteiger partial charge in [0.1, 0.15) is 0 Å². The van der Waals surface area contributed by atoms with Crippen LogP contribution in [-0.2, 0) is 4.79 Å². The lowest BCUT2D eigenvalue weighted by Crippen LogP contribution is -2.22. The van der Waals surface area contributed by atoms with Crippen LogP contribution in [0.15, 0.2) is 30.4 Å². The summed E-state index contributed by atoms with van der Waals surface area (Å²) in [6.45, 7) is 6.10. The molecule has 0 spiro atoms. The number of aryl methyl sites for hydroxylation is 1. The van der Waals surface area contributed by atoms with Gasteiger partial charge in [-0.15, -0.1) is 0 Å². The Labute approximate surface area is 107 Å². The Morgan fingerprint density at radius 2 is 2.06 bits per heavy atom. The van der Waals surface area contributed by atoms with Gasteiger partial charge in [0.05, 0.1) is 0 Å². The van der Waals surface area contributed by atoms with Crippen LogP contribution in [0.2, 0.25) is 0 Å². The van der Waals surface area contributed by atoms with Gasteiger partial charge in [0, 0.05) is 17.8 Å². The van der Waals surface area contributed by atoms with E-state index in [0.717, 1.165) is 5.56 Å². The molecular formula is C14H18N2O2. The Balaban J connectivity index is 2.86. The third-order valence-electron chi connectivity index (χ3n) is 2.40. The van der Waals surface area contributed by atoms with Crippen molar-refractivity contribution in [1.29, 1.82) is 0 Å². The molecule has 0 saturated heterocycles. The molecule has 0 aliphatic rings. The molecule has 0 unspecified atom stereocenters. The lowest BCUT2D eigenvalue weighted by atomic mass is 10.1. The summed E-state index contributed by atoms with van der Waals surface area (Å²) in [5.41, 5.74) is 2.17. The average molecular weight is 246 g/mol. The summed E-state index contributed by atoms with van der Waals surface area (Å²) in [5.74, 6) is -0.279. The Hall–Kier alpha value is -2.10.